The van der Waals surface area contributed by atoms with Crippen LogP contribution in [-0.4, -0.2) is 48.2 Å². The zero-order valence-corrected chi connectivity index (χ0v) is 15.7. The van der Waals surface area contributed by atoms with Gasteiger partial charge in [0.05, 0.1) is 25.3 Å². The molecule has 0 radical (unpaired) electrons. The molecule has 0 aliphatic carbocycles. The van der Waals surface area contributed by atoms with Crippen LogP contribution >= 0.6 is 0 Å². The topological polar surface area (TPSA) is 78.5 Å². The van der Waals surface area contributed by atoms with Crippen molar-refractivity contribution in [3.63, 3.8) is 0 Å². The van der Waals surface area contributed by atoms with Gasteiger partial charge in [-0.15, -0.1) is 0 Å². The molecule has 1 fully saturated rings. The van der Waals surface area contributed by atoms with Gasteiger partial charge in [-0.2, -0.15) is 4.39 Å². The van der Waals surface area contributed by atoms with Crippen molar-refractivity contribution in [2.45, 2.75) is 25.8 Å². The number of rotatable bonds is 3. The Balaban J connectivity index is 1.62. The summed E-state index contributed by atoms with van der Waals surface area (Å²) in [6.45, 7) is 3.27. The number of halogens is 3. The van der Waals surface area contributed by atoms with Crippen molar-refractivity contribution in [3.8, 4) is 0 Å². The lowest BCUT2D eigenvalue weighted by molar-refractivity contribution is -0.118. The summed E-state index contributed by atoms with van der Waals surface area (Å²) in [7, 11) is 0. The van der Waals surface area contributed by atoms with Crippen LogP contribution in [0.15, 0.2) is 16.9 Å². The Labute approximate surface area is 164 Å². The van der Waals surface area contributed by atoms with E-state index in [1.54, 1.807) is 11.8 Å². The second kappa shape index (κ2) is 7.51. The van der Waals surface area contributed by atoms with Gasteiger partial charge in [0.15, 0.2) is 17.5 Å². The normalized spacial score (nSPS) is 18.8. The molecule has 2 aliphatic heterocycles. The molecule has 2 aromatic rings. The molecule has 0 spiro atoms. The summed E-state index contributed by atoms with van der Waals surface area (Å²) in [5.74, 6) is -3.59. The van der Waals surface area contributed by atoms with Crippen LogP contribution in [0.2, 0.25) is 0 Å². The van der Waals surface area contributed by atoms with Crippen LogP contribution in [0.5, 0.6) is 0 Å². The van der Waals surface area contributed by atoms with Gasteiger partial charge in [0, 0.05) is 25.2 Å². The predicted molar refractivity (Wildman–Crippen MR) is 98.6 cm³/mol. The van der Waals surface area contributed by atoms with E-state index in [1.165, 1.54) is 4.90 Å². The zero-order valence-electron chi connectivity index (χ0n) is 15.7. The maximum atomic E-state index is 14.3. The van der Waals surface area contributed by atoms with Crippen LogP contribution in [0.1, 0.15) is 18.3 Å². The Morgan fingerprint density at radius 2 is 1.93 bits per heavy atom. The van der Waals surface area contributed by atoms with Gasteiger partial charge >= 0.3 is 0 Å². The number of aromatic nitrogens is 2. The largest absolute Gasteiger partial charge is 0.378 e. The molecule has 1 saturated heterocycles. The van der Waals surface area contributed by atoms with Gasteiger partial charge in [-0.25, -0.2) is 13.8 Å². The number of hydrogen-bond donors (Lipinski definition) is 1. The van der Waals surface area contributed by atoms with Gasteiger partial charge in [0.25, 0.3) is 5.56 Å². The van der Waals surface area contributed by atoms with Crippen LogP contribution in [0.3, 0.4) is 0 Å². The molecule has 154 valence electrons. The summed E-state index contributed by atoms with van der Waals surface area (Å²) in [5, 5.41) is 0. The number of fused-ring (bicyclic) bond motifs is 1. The number of aromatic amines is 1. The summed E-state index contributed by atoms with van der Waals surface area (Å²) in [4.78, 5) is 34.3. The highest BCUT2D eigenvalue weighted by Crippen LogP contribution is 2.34. The smallest absolute Gasteiger partial charge is 0.289 e. The van der Waals surface area contributed by atoms with E-state index in [0.29, 0.717) is 44.0 Å². The molecule has 1 N–H and O–H groups in total. The molecule has 1 amide bonds. The highest BCUT2D eigenvalue weighted by molar-refractivity contribution is 5.97. The van der Waals surface area contributed by atoms with Crippen LogP contribution in [-0.2, 0) is 22.4 Å². The van der Waals surface area contributed by atoms with Crippen molar-refractivity contribution >= 4 is 17.4 Å². The minimum atomic E-state index is -1.04. The van der Waals surface area contributed by atoms with Crippen molar-refractivity contribution in [2.75, 3.05) is 36.1 Å². The Hall–Kier alpha value is -2.88. The summed E-state index contributed by atoms with van der Waals surface area (Å²) in [6, 6.07) is 1.76. The Morgan fingerprint density at radius 3 is 2.66 bits per heavy atom. The Kier molecular flexibility index (Phi) is 5.03. The number of hydrogen-bond acceptors (Lipinski definition) is 5. The first kappa shape index (κ1) is 19.4. The maximum Gasteiger partial charge on any atom is 0.289 e. The van der Waals surface area contributed by atoms with E-state index >= 15 is 0 Å². The summed E-state index contributed by atoms with van der Waals surface area (Å²) in [6.07, 6.45) is 0.0697. The number of nitrogens with zero attached hydrogens (tertiary/aromatic N) is 3. The van der Waals surface area contributed by atoms with Crippen molar-refractivity contribution in [1.29, 1.82) is 0 Å². The van der Waals surface area contributed by atoms with Crippen LogP contribution in [0.25, 0.3) is 0 Å². The monoisotopic (exact) mass is 408 g/mol. The number of nitrogens with one attached hydrogen (secondary N) is 1. The van der Waals surface area contributed by atoms with Gasteiger partial charge in [-0.05, 0) is 25.0 Å². The maximum absolute atomic E-state index is 14.3. The van der Waals surface area contributed by atoms with Crippen molar-refractivity contribution in [1.82, 2.24) is 9.97 Å². The molecule has 0 saturated carbocycles. The Bertz CT molecular complexity index is 1020. The summed E-state index contributed by atoms with van der Waals surface area (Å²) in [5.41, 5.74) is -0.147. The van der Waals surface area contributed by atoms with Crippen molar-refractivity contribution in [3.05, 3.63) is 51.3 Å². The number of carbonyl (C=O) groups excluding carboxylic acids is 1. The molecule has 10 heteroatoms. The number of H-pyrrole nitrogens is 1. The molecule has 2 aliphatic rings. The number of amides is 1. The molecular weight excluding hydrogens is 389 g/mol. The standard InChI is InChI=1S/C19H19F3N4O3/c1-10-6-11-7-12(20)13(21)8-14(11)26(10)16(27)9-15-23-18(17(22)19(28)24-15)25-2-4-29-5-3-25/h7-8,10H,2-6,9H2,1H3,(H,23,24,28)/t10-/m1/s1. The summed E-state index contributed by atoms with van der Waals surface area (Å²) < 4.78 is 46.7. The lowest BCUT2D eigenvalue weighted by atomic mass is 10.1. The van der Waals surface area contributed by atoms with Gasteiger partial charge in [-0.1, -0.05) is 0 Å². The first-order chi connectivity index (χ1) is 13.8. The molecule has 4 rings (SSSR count). The molecule has 0 unspecified atom stereocenters. The van der Waals surface area contributed by atoms with Crippen LogP contribution in [0, 0.1) is 17.5 Å². The fourth-order valence-corrected chi connectivity index (χ4v) is 3.78. The number of ether oxygens (including phenoxy) is 1. The van der Waals surface area contributed by atoms with E-state index in [1.807, 2.05) is 0 Å². The van der Waals surface area contributed by atoms with Gasteiger partial charge in [0.1, 0.15) is 5.82 Å². The fourth-order valence-electron chi connectivity index (χ4n) is 3.78. The minimum Gasteiger partial charge on any atom is -0.378 e. The molecule has 1 aromatic carbocycles. The van der Waals surface area contributed by atoms with E-state index in [-0.39, 0.29) is 24.1 Å². The highest BCUT2D eigenvalue weighted by atomic mass is 19.2. The van der Waals surface area contributed by atoms with Gasteiger partial charge in [-0.3, -0.25) is 9.59 Å². The molecule has 7 nitrogen and oxygen atoms in total. The third-order valence-corrected chi connectivity index (χ3v) is 5.13. The first-order valence-electron chi connectivity index (χ1n) is 9.26. The van der Waals surface area contributed by atoms with E-state index in [4.69, 9.17) is 4.74 Å². The Morgan fingerprint density at radius 1 is 1.24 bits per heavy atom. The van der Waals surface area contributed by atoms with E-state index in [0.717, 1.165) is 12.1 Å². The minimum absolute atomic E-state index is 0.00567. The van der Waals surface area contributed by atoms with Crippen molar-refractivity contribution < 1.29 is 22.7 Å². The molecule has 3 heterocycles. The number of carbonyl (C=O) groups is 1. The van der Waals surface area contributed by atoms with E-state index in [2.05, 4.69) is 9.97 Å². The molecule has 0 bridgehead atoms. The molecule has 1 atom stereocenters. The van der Waals surface area contributed by atoms with E-state index < -0.39 is 28.9 Å². The third kappa shape index (κ3) is 3.59. The molecular formula is C19H19F3N4O3. The average molecular weight is 408 g/mol. The SMILES string of the molecule is C[C@@H]1Cc2cc(F)c(F)cc2N1C(=O)Cc1nc(N2CCOCC2)c(F)c(=O)[nH]1. The van der Waals surface area contributed by atoms with Crippen LogP contribution in [0.4, 0.5) is 24.7 Å². The second-order valence-corrected chi connectivity index (χ2v) is 7.14. The average Bonchev–Trinajstić information content (AvgIpc) is 3.00. The summed E-state index contributed by atoms with van der Waals surface area (Å²) >= 11 is 0. The molecule has 1 aromatic heterocycles. The van der Waals surface area contributed by atoms with Gasteiger partial charge < -0.3 is 19.5 Å². The molecule has 29 heavy (non-hydrogen) atoms. The first-order valence-corrected chi connectivity index (χ1v) is 9.26. The highest BCUT2D eigenvalue weighted by Gasteiger charge is 2.33. The van der Waals surface area contributed by atoms with Crippen LogP contribution < -0.4 is 15.4 Å². The van der Waals surface area contributed by atoms with Gasteiger partial charge in [0.2, 0.25) is 11.7 Å². The number of benzene rings is 1. The lowest BCUT2D eigenvalue weighted by Gasteiger charge is -2.28. The number of anilines is 2. The predicted octanol–water partition coefficient (Wildman–Crippen LogP) is 1.54. The zero-order chi connectivity index (χ0) is 20.7. The number of morpholine rings is 1. The van der Waals surface area contributed by atoms with Crippen molar-refractivity contribution in [2.24, 2.45) is 0 Å². The van der Waals surface area contributed by atoms with E-state index in [9.17, 15) is 22.8 Å². The fraction of sp³-hybridized carbons (Fsp3) is 0.421. The lowest BCUT2D eigenvalue weighted by Crippen LogP contribution is -2.40. The third-order valence-electron chi connectivity index (χ3n) is 5.13. The quantitative estimate of drug-likeness (QED) is 0.834. The second-order valence-electron chi connectivity index (χ2n) is 7.14.